The van der Waals surface area contributed by atoms with E-state index >= 15 is 0 Å². The van der Waals surface area contributed by atoms with Crippen molar-refractivity contribution in [3.8, 4) is 0 Å². The zero-order valence-corrected chi connectivity index (χ0v) is 16.7. The van der Waals surface area contributed by atoms with Gasteiger partial charge in [-0.05, 0) is 42.7 Å². The minimum atomic E-state index is -4.37. The fourth-order valence-corrected chi connectivity index (χ4v) is 3.44. The third kappa shape index (κ3) is 5.29. The maximum absolute atomic E-state index is 12.8. The lowest BCUT2D eigenvalue weighted by atomic mass is 10.1. The van der Waals surface area contributed by atoms with Gasteiger partial charge in [-0.2, -0.15) is 13.2 Å². The van der Waals surface area contributed by atoms with E-state index in [2.05, 4.69) is 19.9 Å². The molecule has 4 rings (SSSR count). The second-order valence-corrected chi connectivity index (χ2v) is 7.34. The van der Waals surface area contributed by atoms with Crippen molar-refractivity contribution in [2.45, 2.75) is 25.6 Å². The van der Waals surface area contributed by atoms with Gasteiger partial charge in [-0.25, -0.2) is 9.97 Å². The highest BCUT2D eigenvalue weighted by Crippen LogP contribution is 2.28. The molecule has 0 bridgehead atoms. The molecule has 162 valence electrons. The quantitative estimate of drug-likeness (QED) is 0.621. The molecule has 0 radical (unpaired) electrons. The molecule has 3 aromatic rings. The smallest absolute Gasteiger partial charge is 0.367 e. The standard InChI is InChI=1S/C22H21F3N4O2/c23-22(24,25)14-31-13-15-7-9-16(10-8-15)21(30)28-19-20(29-11-3-4-12-29)27-18-6-2-1-5-17(18)26-19/h1-2,5-10H,3-4,11-14H2,(H,26,28,30). The molecule has 2 aromatic carbocycles. The molecule has 1 amide bonds. The molecule has 1 N–H and O–H groups in total. The second-order valence-electron chi connectivity index (χ2n) is 7.34. The van der Waals surface area contributed by atoms with E-state index in [-0.39, 0.29) is 12.5 Å². The van der Waals surface area contributed by atoms with Crippen LogP contribution in [0.2, 0.25) is 0 Å². The summed E-state index contributed by atoms with van der Waals surface area (Å²) in [6.45, 7) is 0.205. The number of carbonyl (C=O) groups excluding carboxylic acids is 1. The van der Waals surface area contributed by atoms with E-state index in [0.29, 0.717) is 28.3 Å². The molecule has 0 spiro atoms. The molecule has 0 aliphatic carbocycles. The summed E-state index contributed by atoms with van der Waals surface area (Å²) < 4.78 is 41.2. The molecule has 1 fully saturated rings. The third-order valence-corrected chi connectivity index (χ3v) is 4.94. The van der Waals surface area contributed by atoms with Crippen molar-refractivity contribution in [2.75, 3.05) is 29.9 Å². The summed E-state index contributed by atoms with van der Waals surface area (Å²) in [5.41, 5.74) is 2.34. The minimum absolute atomic E-state index is 0.184. The first kappa shape index (κ1) is 21.0. The van der Waals surface area contributed by atoms with Gasteiger partial charge in [-0.1, -0.05) is 24.3 Å². The number of ether oxygens (including phenoxy) is 1. The van der Waals surface area contributed by atoms with Crippen molar-refractivity contribution < 1.29 is 22.7 Å². The Hall–Kier alpha value is -3.20. The van der Waals surface area contributed by atoms with E-state index in [1.807, 2.05) is 24.3 Å². The van der Waals surface area contributed by atoms with Crippen molar-refractivity contribution in [2.24, 2.45) is 0 Å². The van der Waals surface area contributed by atoms with Gasteiger partial charge in [0, 0.05) is 18.7 Å². The Kier molecular flexibility index (Phi) is 6.03. The number of para-hydroxylation sites is 2. The lowest BCUT2D eigenvalue weighted by Crippen LogP contribution is -2.23. The van der Waals surface area contributed by atoms with Crippen molar-refractivity contribution in [3.63, 3.8) is 0 Å². The van der Waals surface area contributed by atoms with Crippen LogP contribution in [0.3, 0.4) is 0 Å². The summed E-state index contributed by atoms with van der Waals surface area (Å²) in [6.07, 6.45) is -2.26. The number of hydrogen-bond donors (Lipinski definition) is 1. The van der Waals surface area contributed by atoms with Crippen LogP contribution in [-0.2, 0) is 11.3 Å². The zero-order chi connectivity index (χ0) is 21.8. The van der Waals surface area contributed by atoms with Crippen LogP contribution in [0.5, 0.6) is 0 Å². The molecular formula is C22H21F3N4O2. The number of anilines is 2. The van der Waals surface area contributed by atoms with Crippen LogP contribution in [-0.4, -0.2) is 41.7 Å². The van der Waals surface area contributed by atoms with Gasteiger partial charge < -0.3 is 15.0 Å². The summed E-state index contributed by atoms with van der Waals surface area (Å²) in [5, 5.41) is 2.84. The number of aromatic nitrogens is 2. The highest BCUT2D eigenvalue weighted by atomic mass is 19.4. The second kappa shape index (κ2) is 8.89. The van der Waals surface area contributed by atoms with Crippen LogP contribution < -0.4 is 10.2 Å². The van der Waals surface area contributed by atoms with Crippen LogP contribution in [0.15, 0.2) is 48.5 Å². The molecule has 0 saturated carbocycles. The molecular weight excluding hydrogens is 409 g/mol. The average Bonchev–Trinajstić information content (AvgIpc) is 3.27. The number of halogens is 3. The van der Waals surface area contributed by atoms with Gasteiger partial charge in [0.05, 0.1) is 17.6 Å². The lowest BCUT2D eigenvalue weighted by molar-refractivity contribution is -0.176. The molecule has 2 heterocycles. The van der Waals surface area contributed by atoms with Crippen LogP contribution in [0.25, 0.3) is 11.0 Å². The maximum Gasteiger partial charge on any atom is 0.411 e. The number of amides is 1. The molecule has 1 aromatic heterocycles. The highest BCUT2D eigenvalue weighted by Gasteiger charge is 2.27. The Bertz CT molecular complexity index is 1060. The SMILES string of the molecule is O=C(Nc1nc2ccccc2nc1N1CCCC1)c1ccc(COCC(F)(F)F)cc1. The summed E-state index contributed by atoms with van der Waals surface area (Å²) in [7, 11) is 0. The van der Waals surface area contributed by atoms with Crippen molar-refractivity contribution in [3.05, 3.63) is 59.7 Å². The van der Waals surface area contributed by atoms with Gasteiger partial charge >= 0.3 is 6.18 Å². The van der Waals surface area contributed by atoms with Gasteiger partial charge in [0.1, 0.15) is 6.61 Å². The van der Waals surface area contributed by atoms with Gasteiger partial charge in [0.25, 0.3) is 5.91 Å². The monoisotopic (exact) mass is 430 g/mol. The minimum Gasteiger partial charge on any atom is -0.367 e. The maximum atomic E-state index is 12.8. The Morgan fingerprint density at radius 2 is 1.65 bits per heavy atom. The Balaban J connectivity index is 1.50. The molecule has 0 unspecified atom stereocenters. The predicted octanol–water partition coefficient (Wildman–Crippen LogP) is 4.56. The van der Waals surface area contributed by atoms with Crippen LogP contribution in [0.4, 0.5) is 24.8 Å². The number of carbonyl (C=O) groups is 1. The van der Waals surface area contributed by atoms with Crippen LogP contribution >= 0.6 is 0 Å². The molecule has 9 heteroatoms. The van der Waals surface area contributed by atoms with E-state index in [0.717, 1.165) is 31.4 Å². The van der Waals surface area contributed by atoms with E-state index in [4.69, 9.17) is 4.98 Å². The third-order valence-electron chi connectivity index (χ3n) is 4.94. The molecule has 0 atom stereocenters. The Morgan fingerprint density at radius 1 is 1.00 bits per heavy atom. The van der Waals surface area contributed by atoms with Gasteiger partial charge in [0.15, 0.2) is 11.6 Å². The van der Waals surface area contributed by atoms with Crippen molar-refractivity contribution in [1.29, 1.82) is 0 Å². The number of benzene rings is 2. The zero-order valence-electron chi connectivity index (χ0n) is 16.7. The Morgan fingerprint density at radius 3 is 2.29 bits per heavy atom. The number of nitrogens with zero attached hydrogens (tertiary/aromatic N) is 3. The van der Waals surface area contributed by atoms with Crippen LogP contribution in [0, 0.1) is 0 Å². The summed E-state index contributed by atoms with van der Waals surface area (Å²) in [5.74, 6) is 0.665. The number of fused-ring (bicyclic) bond motifs is 1. The Labute approximate surface area is 177 Å². The topological polar surface area (TPSA) is 67.4 Å². The molecule has 1 saturated heterocycles. The fraction of sp³-hybridized carbons (Fsp3) is 0.318. The summed E-state index contributed by atoms with van der Waals surface area (Å²) >= 11 is 0. The molecule has 1 aliphatic rings. The predicted molar refractivity (Wildman–Crippen MR) is 111 cm³/mol. The van der Waals surface area contributed by atoms with E-state index in [1.54, 1.807) is 24.3 Å². The van der Waals surface area contributed by atoms with Gasteiger partial charge in [-0.15, -0.1) is 0 Å². The average molecular weight is 430 g/mol. The first-order valence-corrected chi connectivity index (χ1v) is 9.95. The highest BCUT2D eigenvalue weighted by molar-refractivity contribution is 6.05. The van der Waals surface area contributed by atoms with Crippen molar-refractivity contribution in [1.82, 2.24) is 9.97 Å². The van der Waals surface area contributed by atoms with E-state index in [9.17, 15) is 18.0 Å². The summed E-state index contributed by atoms with van der Waals surface area (Å²) in [4.78, 5) is 24.2. The number of hydrogen-bond acceptors (Lipinski definition) is 5. The lowest BCUT2D eigenvalue weighted by Gasteiger charge is -2.20. The normalized spacial score (nSPS) is 14.2. The largest absolute Gasteiger partial charge is 0.411 e. The molecule has 31 heavy (non-hydrogen) atoms. The van der Waals surface area contributed by atoms with Crippen LogP contribution in [0.1, 0.15) is 28.8 Å². The van der Waals surface area contributed by atoms with Crippen molar-refractivity contribution >= 4 is 28.6 Å². The number of rotatable bonds is 6. The summed E-state index contributed by atoms with van der Waals surface area (Å²) in [6, 6.07) is 13.7. The molecule has 6 nitrogen and oxygen atoms in total. The van der Waals surface area contributed by atoms with Gasteiger partial charge in [-0.3, -0.25) is 4.79 Å². The van der Waals surface area contributed by atoms with Gasteiger partial charge in [0.2, 0.25) is 0 Å². The first-order valence-electron chi connectivity index (χ1n) is 9.95. The van der Waals surface area contributed by atoms with E-state index in [1.165, 1.54) is 0 Å². The van der Waals surface area contributed by atoms with E-state index < -0.39 is 12.8 Å². The number of alkyl halides is 3. The number of nitrogens with one attached hydrogen (secondary N) is 1. The fourth-order valence-electron chi connectivity index (χ4n) is 3.44. The first-order chi connectivity index (χ1) is 14.9. The molecule has 1 aliphatic heterocycles.